The van der Waals surface area contributed by atoms with E-state index in [0.717, 1.165) is 27.8 Å². The maximum absolute atomic E-state index is 12.2. The number of esters is 1. The number of benzene rings is 2. The number of aromatic nitrogens is 2. The second-order valence-corrected chi connectivity index (χ2v) is 5.98. The Bertz CT molecular complexity index is 1070. The van der Waals surface area contributed by atoms with Crippen LogP contribution in [0.1, 0.15) is 43.8 Å². The second kappa shape index (κ2) is 10.3. The lowest BCUT2D eigenvalue weighted by Crippen LogP contribution is -2.05. The van der Waals surface area contributed by atoms with Crippen LogP contribution in [0.15, 0.2) is 59.5 Å². The van der Waals surface area contributed by atoms with E-state index in [1.54, 1.807) is 19.9 Å². The minimum absolute atomic E-state index is 0.328. The number of hydrogen-bond acceptors (Lipinski definition) is 4. The number of nitrogens with zero attached hydrogens (tertiary/aromatic N) is 1. The first kappa shape index (κ1) is 22.0. The van der Waals surface area contributed by atoms with E-state index in [-0.39, 0.29) is 5.97 Å². The van der Waals surface area contributed by atoms with Crippen molar-refractivity contribution >= 4 is 28.0 Å². The Morgan fingerprint density at radius 3 is 2.59 bits per heavy atom. The molecule has 0 aliphatic rings. The molecule has 0 saturated carbocycles. The van der Waals surface area contributed by atoms with Crippen molar-refractivity contribution in [2.24, 2.45) is 0 Å². The maximum atomic E-state index is 12.2. The summed E-state index contributed by atoms with van der Waals surface area (Å²) in [6, 6.07) is 13.6. The van der Waals surface area contributed by atoms with Crippen LogP contribution in [0.5, 0.6) is 0 Å². The molecule has 4 aromatic rings. The zero-order valence-corrected chi connectivity index (χ0v) is 17.7. The molecule has 1 N–H and O–H groups in total. The van der Waals surface area contributed by atoms with Crippen LogP contribution >= 0.6 is 0 Å². The number of carbonyl (C=O) groups excluding carboxylic acids is 1. The lowest BCUT2D eigenvalue weighted by molar-refractivity contribution is 0.0526. The van der Waals surface area contributed by atoms with Gasteiger partial charge >= 0.3 is 5.97 Å². The number of para-hydroxylation sites is 2. The number of aryl methyl sites for hydroxylation is 1. The van der Waals surface area contributed by atoms with Gasteiger partial charge in [-0.2, -0.15) is 0 Å². The predicted octanol–water partition coefficient (Wildman–Crippen LogP) is 6.68. The standard InChI is InChI=1S/C19H16N2O3.C3H6.C2H6/c1-3-23-19(22)17-11(2)24-16-9-8-12(10-13(16)17)18-20-14-6-4-5-7-15(14)21-18;1-3-2;1-2/h4-10H,3H2,1-2H3,(H,20,21);3H,1H2,2H3;1-2H3. The summed E-state index contributed by atoms with van der Waals surface area (Å²) >= 11 is 0. The van der Waals surface area contributed by atoms with E-state index in [1.165, 1.54) is 0 Å². The van der Waals surface area contributed by atoms with Gasteiger partial charge in [0.1, 0.15) is 22.7 Å². The monoisotopic (exact) mass is 392 g/mol. The van der Waals surface area contributed by atoms with Gasteiger partial charge in [0.05, 0.1) is 17.6 Å². The molecule has 5 heteroatoms. The molecule has 0 atom stereocenters. The average Bonchev–Trinajstić information content (AvgIpc) is 3.30. The third-order valence-electron chi connectivity index (χ3n) is 4.01. The van der Waals surface area contributed by atoms with Crippen molar-refractivity contribution in [1.29, 1.82) is 0 Å². The van der Waals surface area contributed by atoms with Crippen molar-refractivity contribution in [3.8, 4) is 11.4 Å². The molecule has 29 heavy (non-hydrogen) atoms. The molecule has 2 aromatic carbocycles. The van der Waals surface area contributed by atoms with Crippen LogP contribution in [-0.4, -0.2) is 22.5 Å². The van der Waals surface area contributed by atoms with Crippen molar-refractivity contribution < 1.29 is 13.9 Å². The highest BCUT2D eigenvalue weighted by atomic mass is 16.5. The molecule has 5 nitrogen and oxygen atoms in total. The highest BCUT2D eigenvalue weighted by Crippen LogP contribution is 2.30. The SMILES string of the molecule is C=CC.CC.CCOC(=O)c1c(C)oc2ccc(-c3nc4ccccc4[nH]3)cc12. The van der Waals surface area contributed by atoms with E-state index in [4.69, 9.17) is 9.15 Å². The Hall–Kier alpha value is -3.34. The van der Waals surface area contributed by atoms with Gasteiger partial charge in [0.2, 0.25) is 0 Å². The highest BCUT2D eigenvalue weighted by Gasteiger charge is 2.20. The summed E-state index contributed by atoms with van der Waals surface area (Å²) in [5, 5.41) is 0.740. The van der Waals surface area contributed by atoms with Gasteiger partial charge in [0, 0.05) is 10.9 Å². The van der Waals surface area contributed by atoms with Crippen molar-refractivity contribution in [1.82, 2.24) is 9.97 Å². The van der Waals surface area contributed by atoms with Crippen molar-refractivity contribution in [2.45, 2.75) is 34.6 Å². The number of carbonyl (C=O) groups is 1. The molecule has 0 spiro atoms. The summed E-state index contributed by atoms with van der Waals surface area (Å²) in [7, 11) is 0. The van der Waals surface area contributed by atoms with Gasteiger partial charge in [-0.3, -0.25) is 0 Å². The summed E-state index contributed by atoms with van der Waals surface area (Å²) in [5.41, 5.74) is 3.91. The zero-order valence-electron chi connectivity index (χ0n) is 17.7. The van der Waals surface area contributed by atoms with Gasteiger partial charge in [-0.1, -0.05) is 32.1 Å². The zero-order chi connectivity index (χ0) is 21.4. The van der Waals surface area contributed by atoms with Crippen LogP contribution in [0.4, 0.5) is 0 Å². The summed E-state index contributed by atoms with van der Waals surface area (Å²) in [6.45, 7) is 13.1. The Balaban J connectivity index is 0.000000551. The van der Waals surface area contributed by atoms with Gasteiger partial charge in [-0.25, -0.2) is 9.78 Å². The number of rotatable bonds is 3. The third-order valence-corrected chi connectivity index (χ3v) is 4.01. The number of H-pyrrole nitrogens is 1. The lowest BCUT2D eigenvalue weighted by Gasteiger charge is -2.01. The molecule has 0 fully saturated rings. The van der Waals surface area contributed by atoms with Gasteiger partial charge < -0.3 is 14.1 Å². The molecule has 2 heterocycles. The number of hydrogen-bond donors (Lipinski definition) is 1. The molecule has 0 aliphatic heterocycles. The Kier molecular flexibility index (Phi) is 7.78. The van der Waals surface area contributed by atoms with Crippen LogP contribution < -0.4 is 0 Å². The Morgan fingerprint density at radius 1 is 1.24 bits per heavy atom. The first-order valence-electron chi connectivity index (χ1n) is 9.81. The van der Waals surface area contributed by atoms with E-state index in [9.17, 15) is 4.79 Å². The molecule has 2 aromatic heterocycles. The third kappa shape index (κ3) is 4.74. The average molecular weight is 392 g/mol. The van der Waals surface area contributed by atoms with Crippen molar-refractivity contribution in [3.05, 3.63) is 66.4 Å². The van der Waals surface area contributed by atoms with E-state index in [1.807, 2.05) is 63.2 Å². The van der Waals surface area contributed by atoms with Crippen LogP contribution in [0, 0.1) is 6.92 Å². The number of allylic oxidation sites excluding steroid dienone is 1. The summed E-state index contributed by atoms with van der Waals surface area (Å²) in [6.07, 6.45) is 1.75. The first-order chi connectivity index (χ1) is 14.1. The highest BCUT2D eigenvalue weighted by molar-refractivity contribution is 6.05. The Labute approximate surface area is 171 Å². The molecular weight excluding hydrogens is 364 g/mol. The molecule has 0 amide bonds. The van der Waals surface area contributed by atoms with Gasteiger partial charge in [-0.05, 0) is 51.1 Å². The fraction of sp³-hybridized carbons (Fsp3) is 0.250. The summed E-state index contributed by atoms with van der Waals surface area (Å²) in [5.74, 6) is 0.951. The predicted molar refractivity (Wildman–Crippen MR) is 119 cm³/mol. The van der Waals surface area contributed by atoms with Crippen molar-refractivity contribution in [3.63, 3.8) is 0 Å². The van der Waals surface area contributed by atoms with Crippen molar-refractivity contribution in [2.75, 3.05) is 6.61 Å². The Morgan fingerprint density at radius 2 is 1.93 bits per heavy atom. The molecular formula is C24H28N2O3. The van der Waals surface area contributed by atoms with E-state index >= 15 is 0 Å². The molecule has 152 valence electrons. The smallest absolute Gasteiger partial charge is 0.342 e. The minimum atomic E-state index is -0.365. The molecule has 0 saturated heterocycles. The summed E-state index contributed by atoms with van der Waals surface area (Å²) < 4.78 is 10.8. The number of nitrogens with one attached hydrogen (secondary N) is 1. The normalized spacial score (nSPS) is 9.97. The molecule has 0 aliphatic carbocycles. The van der Waals surface area contributed by atoms with Crippen LogP contribution in [-0.2, 0) is 4.74 Å². The second-order valence-electron chi connectivity index (χ2n) is 5.98. The van der Waals surface area contributed by atoms with E-state index in [2.05, 4.69) is 16.5 Å². The van der Waals surface area contributed by atoms with Gasteiger partial charge in [0.15, 0.2) is 0 Å². The molecule has 0 radical (unpaired) electrons. The van der Waals surface area contributed by atoms with Crippen LogP contribution in [0.2, 0.25) is 0 Å². The van der Waals surface area contributed by atoms with Crippen LogP contribution in [0.25, 0.3) is 33.4 Å². The van der Waals surface area contributed by atoms with Gasteiger partial charge in [-0.15, -0.1) is 6.58 Å². The van der Waals surface area contributed by atoms with E-state index < -0.39 is 0 Å². The first-order valence-corrected chi connectivity index (χ1v) is 9.81. The van der Waals surface area contributed by atoms with E-state index in [0.29, 0.717) is 23.5 Å². The minimum Gasteiger partial charge on any atom is -0.462 e. The number of aromatic amines is 1. The van der Waals surface area contributed by atoms with Gasteiger partial charge in [0.25, 0.3) is 0 Å². The quantitative estimate of drug-likeness (QED) is 0.312. The largest absolute Gasteiger partial charge is 0.462 e. The number of furan rings is 1. The number of fused-ring (bicyclic) bond motifs is 2. The fourth-order valence-corrected chi connectivity index (χ4v) is 2.91. The fourth-order valence-electron chi connectivity index (χ4n) is 2.91. The molecule has 0 bridgehead atoms. The molecule has 0 unspecified atom stereocenters. The maximum Gasteiger partial charge on any atom is 0.342 e. The number of ether oxygens (including phenoxy) is 1. The number of imidazole rings is 1. The topological polar surface area (TPSA) is 68.1 Å². The lowest BCUT2D eigenvalue weighted by atomic mass is 10.1. The van der Waals surface area contributed by atoms with Crippen LogP contribution in [0.3, 0.4) is 0 Å². The summed E-state index contributed by atoms with van der Waals surface area (Å²) in [4.78, 5) is 20.1. The molecule has 4 rings (SSSR count).